The monoisotopic (exact) mass is 505 g/mol. The molecule has 4 heterocycles. The van der Waals surface area contributed by atoms with Crippen molar-refractivity contribution in [1.82, 2.24) is 14.5 Å². The molecule has 0 fully saturated rings. The third-order valence-electron chi connectivity index (χ3n) is 6.22. The highest BCUT2D eigenvalue weighted by Crippen LogP contribution is 2.41. The lowest BCUT2D eigenvalue weighted by molar-refractivity contribution is -0.143. The molecule has 35 heavy (non-hydrogen) atoms. The Kier molecular flexibility index (Phi) is 4.51. The van der Waals surface area contributed by atoms with Gasteiger partial charge in [0.1, 0.15) is 4.83 Å². The van der Waals surface area contributed by atoms with Gasteiger partial charge in [-0.3, -0.25) is 9.36 Å². The molecule has 1 aliphatic heterocycles. The minimum Gasteiger partial charge on any atom is -0.352 e. The second-order valence-corrected chi connectivity index (χ2v) is 9.15. The van der Waals surface area contributed by atoms with Crippen LogP contribution in [0.2, 0.25) is 0 Å². The number of H-pyrrole nitrogens is 1. The molecule has 0 radical (unpaired) electrons. The van der Waals surface area contributed by atoms with Gasteiger partial charge in [0.15, 0.2) is 5.82 Å². The van der Waals surface area contributed by atoms with E-state index in [1.807, 2.05) is 24.3 Å². The number of aryl methyl sites for hydroxylation is 1. The molecule has 0 aliphatic carbocycles. The number of halogens is 6. The molecule has 0 saturated heterocycles. The van der Waals surface area contributed by atoms with Crippen LogP contribution in [0.5, 0.6) is 0 Å². The van der Waals surface area contributed by atoms with E-state index in [0.29, 0.717) is 30.1 Å². The summed E-state index contributed by atoms with van der Waals surface area (Å²) in [5.74, 6) is 0.397. The molecular weight excluding hydrogens is 492 g/mol. The number of thiophene rings is 1. The number of para-hydroxylation sites is 1. The van der Waals surface area contributed by atoms with Crippen molar-refractivity contribution in [2.75, 3.05) is 0 Å². The lowest BCUT2D eigenvalue weighted by Crippen LogP contribution is -2.27. The van der Waals surface area contributed by atoms with Gasteiger partial charge in [-0.1, -0.05) is 18.2 Å². The summed E-state index contributed by atoms with van der Waals surface area (Å²) in [5.41, 5.74) is -1.13. The smallest absolute Gasteiger partial charge is 0.352 e. The molecule has 0 saturated carbocycles. The first kappa shape index (κ1) is 21.9. The number of fused-ring (bicyclic) bond motifs is 6. The van der Waals surface area contributed by atoms with Crippen LogP contribution in [0.1, 0.15) is 16.7 Å². The molecule has 1 N–H and O–H groups in total. The van der Waals surface area contributed by atoms with E-state index >= 15 is 0 Å². The normalized spacial score (nSPS) is 13.9. The van der Waals surface area contributed by atoms with Crippen molar-refractivity contribution in [1.29, 1.82) is 0 Å². The molecule has 1 aliphatic rings. The molecule has 5 aromatic rings. The van der Waals surface area contributed by atoms with Crippen molar-refractivity contribution >= 4 is 32.5 Å². The fourth-order valence-electron chi connectivity index (χ4n) is 4.62. The predicted molar refractivity (Wildman–Crippen MR) is 120 cm³/mol. The van der Waals surface area contributed by atoms with Crippen molar-refractivity contribution in [3.8, 4) is 22.6 Å². The van der Waals surface area contributed by atoms with Crippen LogP contribution in [0.25, 0.3) is 43.8 Å². The summed E-state index contributed by atoms with van der Waals surface area (Å²) in [6.45, 7) is 0.289. The van der Waals surface area contributed by atoms with Crippen molar-refractivity contribution in [2.24, 2.45) is 0 Å². The third kappa shape index (κ3) is 3.36. The number of alkyl halides is 6. The number of hydrogen-bond acceptors (Lipinski definition) is 3. The van der Waals surface area contributed by atoms with Gasteiger partial charge in [-0.2, -0.15) is 26.3 Å². The van der Waals surface area contributed by atoms with Gasteiger partial charge in [0.2, 0.25) is 0 Å². The van der Waals surface area contributed by atoms with Gasteiger partial charge in [0.05, 0.1) is 22.2 Å². The van der Waals surface area contributed by atoms with Gasteiger partial charge >= 0.3 is 12.4 Å². The number of nitrogens with zero attached hydrogens (tertiary/aromatic N) is 2. The Morgan fingerprint density at radius 1 is 0.971 bits per heavy atom. The van der Waals surface area contributed by atoms with Crippen LogP contribution >= 0.6 is 11.3 Å². The Morgan fingerprint density at radius 2 is 1.66 bits per heavy atom. The first-order valence-electron chi connectivity index (χ1n) is 10.4. The van der Waals surface area contributed by atoms with E-state index in [4.69, 9.17) is 0 Å². The summed E-state index contributed by atoms with van der Waals surface area (Å²) in [7, 11) is 0. The Bertz CT molecular complexity index is 1670. The van der Waals surface area contributed by atoms with Crippen molar-refractivity contribution in [3.63, 3.8) is 0 Å². The number of rotatable bonds is 1. The molecule has 2 aromatic carbocycles. The average molecular weight is 505 g/mol. The maximum Gasteiger partial charge on any atom is 0.416 e. The zero-order valence-corrected chi connectivity index (χ0v) is 18.3. The maximum absolute atomic E-state index is 13.5. The lowest BCUT2D eigenvalue weighted by atomic mass is 9.99. The average Bonchev–Trinajstić information content (AvgIpc) is 3.40. The maximum atomic E-state index is 13.5. The van der Waals surface area contributed by atoms with Crippen LogP contribution in [-0.2, 0) is 25.3 Å². The Hall–Kier alpha value is -3.60. The van der Waals surface area contributed by atoms with Crippen molar-refractivity contribution in [2.45, 2.75) is 25.3 Å². The Labute approximate surface area is 196 Å². The van der Waals surface area contributed by atoms with Gasteiger partial charge < -0.3 is 4.98 Å². The van der Waals surface area contributed by atoms with Crippen LogP contribution in [0.3, 0.4) is 0 Å². The second-order valence-electron chi connectivity index (χ2n) is 8.29. The zero-order valence-electron chi connectivity index (χ0n) is 17.5. The molecule has 0 unspecified atom stereocenters. The van der Waals surface area contributed by atoms with E-state index in [1.54, 1.807) is 0 Å². The van der Waals surface area contributed by atoms with Crippen LogP contribution in [0.15, 0.2) is 52.6 Å². The largest absolute Gasteiger partial charge is 0.416 e. The van der Waals surface area contributed by atoms with E-state index in [-0.39, 0.29) is 34.0 Å². The standard InChI is InChI=1S/C24H13F6N3OS/c25-23(26,27)12-7-11(8-13(9-12)24(28,29)30)16-10-35-21-18(16)22(34)33-6-5-15-14-3-1-2-4-17(14)31-19(15)20(33)32-21/h1-4,7-10,31H,5-6H2. The molecule has 4 nitrogen and oxygen atoms in total. The Morgan fingerprint density at radius 3 is 2.34 bits per heavy atom. The van der Waals surface area contributed by atoms with E-state index in [2.05, 4.69) is 9.97 Å². The van der Waals surface area contributed by atoms with Crippen LogP contribution < -0.4 is 5.56 Å². The fraction of sp³-hybridized carbons (Fsp3) is 0.167. The lowest BCUT2D eigenvalue weighted by Gasteiger charge is -2.18. The highest BCUT2D eigenvalue weighted by atomic mass is 32.1. The summed E-state index contributed by atoms with van der Waals surface area (Å²) in [6, 6.07) is 9.00. The quantitative estimate of drug-likeness (QED) is 0.253. The fourth-order valence-corrected chi connectivity index (χ4v) is 5.56. The summed E-state index contributed by atoms with van der Waals surface area (Å²) >= 11 is 1.00. The molecule has 0 bridgehead atoms. The van der Waals surface area contributed by atoms with Gasteiger partial charge in [-0.05, 0) is 41.8 Å². The van der Waals surface area contributed by atoms with E-state index < -0.39 is 29.0 Å². The van der Waals surface area contributed by atoms with Crippen LogP contribution in [0, 0.1) is 0 Å². The van der Waals surface area contributed by atoms with Crippen molar-refractivity contribution < 1.29 is 26.3 Å². The Balaban J connectivity index is 1.59. The first-order valence-corrected chi connectivity index (χ1v) is 11.3. The highest BCUT2D eigenvalue weighted by molar-refractivity contribution is 7.17. The minimum absolute atomic E-state index is 0.00292. The van der Waals surface area contributed by atoms with Gasteiger partial charge in [0, 0.05) is 28.4 Å². The van der Waals surface area contributed by atoms with E-state index in [9.17, 15) is 31.1 Å². The SMILES string of the molecule is O=c1c2c(-c3cc(C(F)(F)F)cc(C(F)(F)F)c3)csc2nc2n1CCc1c-2[nH]c2ccccc12. The predicted octanol–water partition coefficient (Wildman–Crippen LogP) is 6.87. The molecule has 0 spiro atoms. The first-order chi connectivity index (χ1) is 16.5. The number of aromatic nitrogens is 3. The molecule has 6 rings (SSSR count). The second kappa shape index (κ2) is 7.20. The third-order valence-corrected chi connectivity index (χ3v) is 7.09. The molecule has 11 heteroatoms. The minimum atomic E-state index is -4.99. The van der Waals surface area contributed by atoms with E-state index in [0.717, 1.165) is 27.8 Å². The van der Waals surface area contributed by atoms with Gasteiger partial charge in [0.25, 0.3) is 5.56 Å². The summed E-state index contributed by atoms with van der Waals surface area (Å²) in [6.07, 6.45) is -9.44. The molecule has 0 atom stereocenters. The van der Waals surface area contributed by atoms with E-state index in [1.165, 1.54) is 9.95 Å². The topological polar surface area (TPSA) is 50.7 Å². The number of aromatic amines is 1. The van der Waals surface area contributed by atoms with Gasteiger partial charge in [-0.15, -0.1) is 11.3 Å². The number of hydrogen-bond donors (Lipinski definition) is 1. The molecular formula is C24H13F6N3OS. The summed E-state index contributed by atoms with van der Waals surface area (Å²) < 4.78 is 81.7. The van der Waals surface area contributed by atoms with Crippen molar-refractivity contribution in [3.05, 3.63) is 74.9 Å². The number of benzene rings is 2. The summed E-state index contributed by atoms with van der Waals surface area (Å²) in [4.78, 5) is 21.6. The molecule has 178 valence electrons. The van der Waals surface area contributed by atoms with Crippen LogP contribution in [-0.4, -0.2) is 14.5 Å². The van der Waals surface area contributed by atoms with Gasteiger partial charge in [-0.25, -0.2) is 4.98 Å². The highest BCUT2D eigenvalue weighted by Gasteiger charge is 2.37. The molecule has 3 aromatic heterocycles. The van der Waals surface area contributed by atoms with Crippen LogP contribution in [0.4, 0.5) is 26.3 Å². The number of nitrogens with one attached hydrogen (secondary N) is 1. The summed E-state index contributed by atoms with van der Waals surface area (Å²) in [5, 5.41) is 2.40. The zero-order chi connectivity index (χ0) is 24.7. The molecule has 0 amide bonds.